The monoisotopic (exact) mass is 446 g/mol. The van der Waals surface area contributed by atoms with Crippen LogP contribution in [0.15, 0.2) is 72.0 Å². The van der Waals surface area contributed by atoms with E-state index in [1.165, 1.54) is 22.3 Å². The van der Waals surface area contributed by atoms with Crippen LogP contribution in [0.2, 0.25) is 0 Å². The van der Waals surface area contributed by atoms with Crippen molar-refractivity contribution in [2.45, 2.75) is 33.1 Å². The Kier molecular flexibility index (Phi) is 8.49. The second-order valence-electron chi connectivity index (χ2n) is 8.23. The van der Waals surface area contributed by atoms with Crippen LogP contribution in [0, 0.1) is 0 Å². The van der Waals surface area contributed by atoms with Crippen LogP contribution in [0.1, 0.15) is 29.2 Å². The lowest BCUT2D eigenvalue weighted by Gasteiger charge is -2.26. The minimum Gasteiger partial charge on any atom is -0.379 e. The third-order valence-corrected chi connectivity index (χ3v) is 5.75. The molecule has 1 aliphatic rings. The molecule has 0 spiro atoms. The van der Waals surface area contributed by atoms with Gasteiger partial charge in [0.1, 0.15) is 0 Å². The lowest BCUT2D eigenvalue weighted by molar-refractivity contribution is 0.0342. The Labute approximate surface area is 196 Å². The summed E-state index contributed by atoms with van der Waals surface area (Å²) in [4.78, 5) is 7.24. The van der Waals surface area contributed by atoms with Crippen molar-refractivity contribution in [1.29, 1.82) is 0 Å². The van der Waals surface area contributed by atoms with Gasteiger partial charge in [0.15, 0.2) is 5.96 Å². The standard InChI is InChI=1S/C26H34N6O/c1-2-27-26(29-19-24-6-3-4-7-25(24)21-32-13-5-12-30-32)28-18-22-8-10-23(11-9-22)20-31-14-16-33-17-15-31/h3-13H,2,14-21H2,1H3,(H2,27,28,29). The maximum Gasteiger partial charge on any atom is 0.191 e. The average Bonchev–Trinajstić information content (AvgIpc) is 3.36. The first-order valence-electron chi connectivity index (χ1n) is 11.7. The molecule has 1 saturated heterocycles. The predicted octanol–water partition coefficient (Wildman–Crippen LogP) is 3.02. The molecular formula is C26H34N6O. The highest BCUT2D eigenvalue weighted by atomic mass is 16.5. The maximum atomic E-state index is 5.44. The molecular weight excluding hydrogens is 412 g/mol. The number of nitrogens with zero attached hydrogens (tertiary/aromatic N) is 4. The van der Waals surface area contributed by atoms with Crippen molar-refractivity contribution in [2.24, 2.45) is 4.99 Å². The number of morpholine rings is 1. The Morgan fingerprint density at radius 1 is 0.939 bits per heavy atom. The van der Waals surface area contributed by atoms with Crippen LogP contribution in [0.4, 0.5) is 0 Å². The number of aromatic nitrogens is 2. The fourth-order valence-corrected chi connectivity index (χ4v) is 3.91. The van der Waals surface area contributed by atoms with E-state index in [9.17, 15) is 0 Å². The van der Waals surface area contributed by atoms with Crippen molar-refractivity contribution in [3.05, 3.63) is 89.2 Å². The zero-order chi connectivity index (χ0) is 22.7. The molecule has 3 aromatic rings. The lowest BCUT2D eigenvalue weighted by atomic mass is 10.1. The topological polar surface area (TPSA) is 66.7 Å². The Morgan fingerprint density at radius 2 is 1.70 bits per heavy atom. The molecule has 7 heteroatoms. The van der Waals surface area contributed by atoms with Gasteiger partial charge in [0.05, 0.1) is 26.3 Å². The molecule has 0 bridgehead atoms. The van der Waals surface area contributed by atoms with E-state index >= 15 is 0 Å². The van der Waals surface area contributed by atoms with Crippen molar-refractivity contribution >= 4 is 5.96 Å². The molecule has 33 heavy (non-hydrogen) atoms. The van der Waals surface area contributed by atoms with Gasteiger partial charge in [-0.05, 0) is 35.2 Å². The van der Waals surface area contributed by atoms with Crippen molar-refractivity contribution in [3.63, 3.8) is 0 Å². The number of guanidine groups is 1. The molecule has 2 aromatic carbocycles. The third-order valence-electron chi connectivity index (χ3n) is 5.75. The SMILES string of the molecule is CCNC(=NCc1ccc(CN2CCOCC2)cc1)NCc1ccccc1Cn1cccn1. The summed E-state index contributed by atoms with van der Waals surface area (Å²) in [7, 11) is 0. The van der Waals surface area contributed by atoms with Gasteiger partial charge in [-0.25, -0.2) is 4.99 Å². The summed E-state index contributed by atoms with van der Waals surface area (Å²) in [5, 5.41) is 11.2. The first kappa shape index (κ1) is 23.0. The number of hydrogen-bond donors (Lipinski definition) is 2. The molecule has 2 N–H and O–H groups in total. The number of benzene rings is 2. The van der Waals surface area contributed by atoms with Gasteiger partial charge in [-0.2, -0.15) is 5.10 Å². The quantitative estimate of drug-likeness (QED) is 0.391. The molecule has 4 rings (SSSR count). The summed E-state index contributed by atoms with van der Waals surface area (Å²) in [6.07, 6.45) is 3.80. The van der Waals surface area contributed by atoms with Crippen molar-refractivity contribution in [3.8, 4) is 0 Å². The van der Waals surface area contributed by atoms with Gasteiger partial charge in [0, 0.05) is 45.1 Å². The van der Waals surface area contributed by atoms with E-state index in [2.05, 4.69) is 76.1 Å². The number of rotatable bonds is 9. The Balaban J connectivity index is 1.33. The molecule has 0 unspecified atom stereocenters. The molecule has 0 saturated carbocycles. The van der Waals surface area contributed by atoms with Crippen LogP contribution in [-0.2, 0) is 30.9 Å². The smallest absolute Gasteiger partial charge is 0.191 e. The summed E-state index contributed by atoms with van der Waals surface area (Å²) in [6, 6.07) is 19.2. The Bertz CT molecular complexity index is 994. The van der Waals surface area contributed by atoms with E-state index in [-0.39, 0.29) is 0 Å². The molecule has 1 fully saturated rings. The van der Waals surface area contributed by atoms with Crippen LogP contribution in [0.3, 0.4) is 0 Å². The van der Waals surface area contributed by atoms with Gasteiger partial charge in [0.25, 0.3) is 0 Å². The molecule has 1 aliphatic heterocycles. The van der Waals surface area contributed by atoms with Crippen LogP contribution in [0.25, 0.3) is 0 Å². The average molecular weight is 447 g/mol. The summed E-state index contributed by atoms with van der Waals surface area (Å²) in [5.74, 6) is 0.823. The highest BCUT2D eigenvalue weighted by Gasteiger charge is 2.10. The number of nitrogens with one attached hydrogen (secondary N) is 2. The fourth-order valence-electron chi connectivity index (χ4n) is 3.91. The first-order valence-corrected chi connectivity index (χ1v) is 11.7. The van der Waals surface area contributed by atoms with Gasteiger partial charge in [-0.15, -0.1) is 0 Å². The van der Waals surface area contributed by atoms with Crippen LogP contribution in [-0.4, -0.2) is 53.5 Å². The zero-order valence-electron chi connectivity index (χ0n) is 19.4. The Hall–Kier alpha value is -3.16. The molecule has 7 nitrogen and oxygen atoms in total. The zero-order valence-corrected chi connectivity index (χ0v) is 19.4. The molecule has 2 heterocycles. The van der Waals surface area contributed by atoms with Gasteiger partial charge in [-0.1, -0.05) is 48.5 Å². The van der Waals surface area contributed by atoms with E-state index in [0.717, 1.165) is 51.9 Å². The molecule has 0 amide bonds. The van der Waals surface area contributed by atoms with Gasteiger partial charge >= 0.3 is 0 Å². The fraction of sp³-hybridized carbons (Fsp3) is 0.385. The van der Waals surface area contributed by atoms with Crippen molar-refractivity contribution < 1.29 is 4.74 Å². The second-order valence-corrected chi connectivity index (χ2v) is 8.23. The van der Waals surface area contributed by atoms with Gasteiger partial charge in [-0.3, -0.25) is 9.58 Å². The van der Waals surface area contributed by atoms with E-state index < -0.39 is 0 Å². The minimum atomic E-state index is 0.641. The van der Waals surface area contributed by atoms with E-state index in [4.69, 9.17) is 9.73 Å². The van der Waals surface area contributed by atoms with E-state index in [1.54, 1.807) is 0 Å². The Morgan fingerprint density at radius 3 is 2.42 bits per heavy atom. The van der Waals surface area contributed by atoms with Crippen molar-refractivity contribution in [1.82, 2.24) is 25.3 Å². The van der Waals surface area contributed by atoms with Gasteiger partial charge < -0.3 is 15.4 Å². The third kappa shape index (κ3) is 7.17. The summed E-state index contributed by atoms with van der Waals surface area (Å²) in [6.45, 7) is 9.68. The van der Waals surface area contributed by atoms with Gasteiger partial charge in [0.2, 0.25) is 0 Å². The number of aliphatic imine (C=N–C) groups is 1. The van der Waals surface area contributed by atoms with E-state index in [1.807, 2.05) is 23.1 Å². The summed E-state index contributed by atoms with van der Waals surface area (Å²) < 4.78 is 7.38. The van der Waals surface area contributed by atoms with Crippen LogP contribution in [0.5, 0.6) is 0 Å². The van der Waals surface area contributed by atoms with Crippen molar-refractivity contribution in [2.75, 3.05) is 32.8 Å². The highest BCUT2D eigenvalue weighted by Crippen LogP contribution is 2.12. The van der Waals surface area contributed by atoms with Crippen LogP contribution < -0.4 is 10.6 Å². The molecule has 0 atom stereocenters. The summed E-state index contributed by atoms with van der Waals surface area (Å²) >= 11 is 0. The normalized spacial score (nSPS) is 14.9. The minimum absolute atomic E-state index is 0.641. The molecule has 0 aliphatic carbocycles. The number of hydrogen-bond acceptors (Lipinski definition) is 4. The first-order chi connectivity index (χ1) is 16.3. The second kappa shape index (κ2) is 12.2. The lowest BCUT2D eigenvalue weighted by Crippen LogP contribution is -2.37. The summed E-state index contributed by atoms with van der Waals surface area (Å²) in [5.41, 5.74) is 5.03. The predicted molar refractivity (Wildman–Crippen MR) is 132 cm³/mol. The molecule has 0 radical (unpaired) electrons. The van der Waals surface area contributed by atoms with E-state index in [0.29, 0.717) is 13.1 Å². The largest absolute Gasteiger partial charge is 0.379 e. The highest BCUT2D eigenvalue weighted by molar-refractivity contribution is 5.79. The molecule has 174 valence electrons. The maximum absolute atomic E-state index is 5.44. The molecule has 1 aromatic heterocycles. The van der Waals surface area contributed by atoms with Crippen LogP contribution >= 0.6 is 0 Å². The number of ether oxygens (including phenoxy) is 1.